The van der Waals surface area contributed by atoms with E-state index >= 15 is 0 Å². The maximum absolute atomic E-state index is 13.2. The molecule has 3 aromatic heterocycles. The molecule has 0 aromatic carbocycles. The van der Waals surface area contributed by atoms with Crippen molar-refractivity contribution in [2.24, 2.45) is 0 Å². The van der Waals surface area contributed by atoms with Gasteiger partial charge in [0.2, 0.25) is 0 Å². The Labute approximate surface area is 234 Å². The Morgan fingerprint density at radius 1 is 1.02 bits per heavy atom. The smallest absolute Gasteiger partial charge is 0.282 e. The summed E-state index contributed by atoms with van der Waals surface area (Å²) in [5, 5.41) is 15.3. The van der Waals surface area contributed by atoms with E-state index in [0.29, 0.717) is 24.7 Å². The SMILES string of the molecule is Cc1cc(Nc2cc3nc(CN4CCOCC4)ccc3c(NC3C[C@H]4CC[C@@H](C3)N4S(=O)(=O)N3CCC3)n2)n[nH]1. The van der Waals surface area contributed by atoms with Gasteiger partial charge in [0.1, 0.15) is 11.6 Å². The maximum Gasteiger partial charge on any atom is 0.282 e. The minimum atomic E-state index is -3.37. The van der Waals surface area contributed by atoms with Crippen molar-refractivity contribution in [3.8, 4) is 0 Å². The summed E-state index contributed by atoms with van der Waals surface area (Å²) < 4.78 is 35.4. The zero-order valence-corrected chi connectivity index (χ0v) is 23.7. The van der Waals surface area contributed by atoms with Crippen LogP contribution in [0, 0.1) is 6.92 Å². The predicted octanol–water partition coefficient (Wildman–Crippen LogP) is 2.59. The fourth-order valence-corrected chi connectivity index (χ4v) is 8.63. The third kappa shape index (κ3) is 5.05. The molecule has 7 rings (SSSR count). The molecule has 4 aliphatic heterocycles. The third-order valence-electron chi connectivity index (χ3n) is 8.61. The van der Waals surface area contributed by atoms with Crippen LogP contribution in [0.3, 0.4) is 0 Å². The fourth-order valence-electron chi connectivity index (χ4n) is 6.51. The van der Waals surface area contributed by atoms with Crippen LogP contribution in [0.25, 0.3) is 10.9 Å². The molecular weight excluding hydrogens is 530 g/mol. The number of rotatable bonds is 8. The number of aromatic nitrogens is 4. The molecule has 0 radical (unpaired) electrons. The van der Waals surface area contributed by atoms with Crippen LogP contribution < -0.4 is 10.6 Å². The van der Waals surface area contributed by atoms with Gasteiger partial charge in [-0.25, -0.2) is 4.98 Å². The number of nitrogens with zero attached hydrogens (tertiary/aromatic N) is 6. The second-order valence-electron chi connectivity index (χ2n) is 11.5. The van der Waals surface area contributed by atoms with Crippen LogP contribution in [-0.2, 0) is 21.5 Å². The lowest BCUT2D eigenvalue weighted by Crippen LogP contribution is -2.57. The summed E-state index contributed by atoms with van der Waals surface area (Å²) >= 11 is 0. The second kappa shape index (κ2) is 10.5. The fraction of sp³-hybridized carbons (Fsp3) is 0.593. The largest absolute Gasteiger partial charge is 0.379 e. The van der Waals surface area contributed by atoms with Gasteiger partial charge in [-0.1, -0.05) is 0 Å². The number of aryl methyl sites for hydroxylation is 1. The van der Waals surface area contributed by atoms with Crippen molar-refractivity contribution in [3.05, 3.63) is 35.7 Å². The van der Waals surface area contributed by atoms with Crippen molar-refractivity contribution >= 4 is 38.6 Å². The number of hydrogen-bond donors (Lipinski definition) is 3. The molecule has 12 nitrogen and oxygen atoms in total. The molecule has 4 fully saturated rings. The van der Waals surface area contributed by atoms with Crippen LogP contribution in [-0.4, -0.2) is 99.6 Å². The van der Waals surface area contributed by atoms with Gasteiger partial charge in [-0.05, 0) is 51.2 Å². The summed E-state index contributed by atoms with van der Waals surface area (Å²) in [5.74, 6) is 2.13. The minimum Gasteiger partial charge on any atom is -0.379 e. The maximum atomic E-state index is 13.2. The van der Waals surface area contributed by atoms with E-state index in [2.05, 4.69) is 37.9 Å². The molecule has 3 atom stereocenters. The van der Waals surface area contributed by atoms with Crippen LogP contribution in [0.4, 0.5) is 17.5 Å². The lowest BCUT2D eigenvalue weighted by atomic mass is 9.99. The highest BCUT2D eigenvalue weighted by molar-refractivity contribution is 7.86. The van der Waals surface area contributed by atoms with Gasteiger partial charge >= 0.3 is 0 Å². The average molecular weight is 568 g/mol. The van der Waals surface area contributed by atoms with Crippen LogP contribution >= 0.6 is 0 Å². The van der Waals surface area contributed by atoms with Crippen molar-refractivity contribution in [1.29, 1.82) is 0 Å². The number of aromatic amines is 1. The molecule has 3 N–H and O–H groups in total. The zero-order valence-electron chi connectivity index (χ0n) is 22.8. The third-order valence-corrected chi connectivity index (χ3v) is 10.8. The number of H-pyrrole nitrogens is 1. The molecule has 13 heteroatoms. The van der Waals surface area contributed by atoms with Gasteiger partial charge in [0.15, 0.2) is 5.82 Å². The van der Waals surface area contributed by atoms with Crippen molar-refractivity contribution in [2.75, 3.05) is 50.0 Å². The predicted molar refractivity (Wildman–Crippen MR) is 153 cm³/mol. The molecule has 40 heavy (non-hydrogen) atoms. The first-order chi connectivity index (χ1) is 19.4. The molecule has 4 saturated heterocycles. The molecule has 7 heterocycles. The molecule has 0 amide bonds. The number of anilines is 3. The Kier molecular flexibility index (Phi) is 6.87. The van der Waals surface area contributed by atoms with E-state index in [-0.39, 0.29) is 18.1 Å². The Bertz CT molecular complexity index is 1470. The number of morpholine rings is 1. The summed E-state index contributed by atoms with van der Waals surface area (Å²) in [5.41, 5.74) is 2.83. The summed E-state index contributed by atoms with van der Waals surface area (Å²) in [7, 11) is -3.37. The molecule has 3 aromatic rings. The molecule has 4 aliphatic rings. The van der Waals surface area contributed by atoms with Crippen molar-refractivity contribution in [2.45, 2.75) is 63.7 Å². The normalized spacial score (nSPS) is 26.2. The van der Waals surface area contributed by atoms with E-state index in [0.717, 1.165) is 93.1 Å². The Morgan fingerprint density at radius 3 is 2.48 bits per heavy atom. The van der Waals surface area contributed by atoms with Gasteiger partial charge in [0.05, 0.1) is 24.4 Å². The number of hydrogen-bond acceptors (Lipinski definition) is 9. The first-order valence-electron chi connectivity index (χ1n) is 14.4. The summed E-state index contributed by atoms with van der Waals surface area (Å²) in [4.78, 5) is 12.3. The van der Waals surface area contributed by atoms with E-state index in [1.54, 1.807) is 4.31 Å². The van der Waals surface area contributed by atoms with Crippen molar-refractivity contribution in [1.82, 2.24) is 33.7 Å². The monoisotopic (exact) mass is 567 g/mol. The van der Waals surface area contributed by atoms with Gasteiger partial charge in [0, 0.05) is 74.1 Å². The number of fused-ring (bicyclic) bond motifs is 3. The van der Waals surface area contributed by atoms with E-state index in [9.17, 15) is 8.42 Å². The highest BCUT2D eigenvalue weighted by atomic mass is 32.2. The molecule has 0 saturated carbocycles. The van der Waals surface area contributed by atoms with E-state index in [1.165, 1.54) is 0 Å². The second-order valence-corrected chi connectivity index (χ2v) is 13.3. The number of pyridine rings is 2. The van der Waals surface area contributed by atoms with Crippen LogP contribution in [0.15, 0.2) is 24.3 Å². The van der Waals surface area contributed by atoms with Gasteiger partial charge in [0.25, 0.3) is 10.2 Å². The number of nitrogens with one attached hydrogen (secondary N) is 3. The standard InChI is InChI=1S/C27H37N9O3S/c1-18-13-26(33-32-18)30-25-16-24-23(6-3-19(28-24)17-34-9-11-39-12-10-34)27(31-25)29-20-14-21-4-5-22(15-20)36(21)40(37,38)35-7-2-8-35/h3,6,13,16,20-22H,2,4-5,7-12,14-15,17H2,1H3,(H3,29,30,31,32,33)/t20?,21-,22+. The highest BCUT2D eigenvalue weighted by Gasteiger charge is 2.49. The lowest BCUT2D eigenvalue weighted by molar-refractivity contribution is 0.0337. The summed E-state index contributed by atoms with van der Waals surface area (Å²) in [6, 6.07) is 8.28. The Morgan fingerprint density at radius 2 is 1.80 bits per heavy atom. The van der Waals surface area contributed by atoms with E-state index in [4.69, 9.17) is 14.7 Å². The highest BCUT2D eigenvalue weighted by Crippen LogP contribution is 2.41. The summed E-state index contributed by atoms with van der Waals surface area (Å²) in [6.07, 6.45) is 4.32. The first kappa shape index (κ1) is 26.1. The quantitative estimate of drug-likeness (QED) is 0.376. The average Bonchev–Trinajstić information content (AvgIpc) is 3.43. The van der Waals surface area contributed by atoms with E-state index in [1.807, 2.05) is 23.4 Å². The zero-order chi connectivity index (χ0) is 27.3. The number of piperidine rings is 1. The Hall–Kier alpha value is -2.84. The lowest BCUT2D eigenvalue weighted by Gasteiger charge is -2.42. The first-order valence-corrected chi connectivity index (χ1v) is 15.8. The topological polar surface area (TPSA) is 132 Å². The van der Waals surface area contributed by atoms with Crippen LogP contribution in [0.1, 0.15) is 43.5 Å². The van der Waals surface area contributed by atoms with Gasteiger partial charge in [-0.3, -0.25) is 15.0 Å². The molecule has 0 spiro atoms. The molecule has 0 aliphatic carbocycles. The molecule has 2 bridgehead atoms. The van der Waals surface area contributed by atoms with E-state index < -0.39 is 10.2 Å². The van der Waals surface area contributed by atoms with Gasteiger partial charge in [-0.15, -0.1) is 0 Å². The molecule has 214 valence electrons. The minimum absolute atomic E-state index is 0.0275. The molecule has 1 unspecified atom stereocenters. The van der Waals surface area contributed by atoms with Crippen molar-refractivity contribution in [3.63, 3.8) is 0 Å². The molecular formula is C27H37N9O3S. The Balaban J connectivity index is 1.15. The van der Waals surface area contributed by atoms with Crippen LogP contribution in [0.5, 0.6) is 0 Å². The van der Waals surface area contributed by atoms with Crippen molar-refractivity contribution < 1.29 is 13.2 Å². The summed E-state index contributed by atoms with van der Waals surface area (Å²) in [6.45, 7) is 7.34. The number of ether oxygens (including phenoxy) is 1. The van der Waals surface area contributed by atoms with Crippen LogP contribution in [0.2, 0.25) is 0 Å². The van der Waals surface area contributed by atoms with Gasteiger partial charge < -0.3 is 15.4 Å². The van der Waals surface area contributed by atoms with Gasteiger partial charge in [-0.2, -0.15) is 22.1 Å².